The number of hydrogen-bond donors (Lipinski definition) is 0. The van der Waals surface area contributed by atoms with Gasteiger partial charge in [-0.25, -0.2) is 0 Å². The molecule has 0 saturated carbocycles. The molecule has 0 spiro atoms. The van der Waals surface area contributed by atoms with E-state index in [0.717, 1.165) is 38.1 Å². The van der Waals surface area contributed by atoms with E-state index in [0.29, 0.717) is 19.8 Å². The van der Waals surface area contributed by atoms with E-state index in [2.05, 4.69) is 6.92 Å². The summed E-state index contributed by atoms with van der Waals surface area (Å²) in [6, 6.07) is 1.78. The van der Waals surface area contributed by atoms with Gasteiger partial charge in [-0.15, -0.1) is 0 Å². The van der Waals surface area contributed by atoms with Crippen molar-refractivity contribution in [1.82, 2.24) is 0 Å². The fraction of sp³-hybridized carbons (Fsp3) is 1.00. The Morgan fingerprint density at radius 2 is 1.57 bits per heavy atom. The van der Waals surface area contributed by atoms with Crippen molar-refractivity contribution in [1.29, 1.82) is 0 Å². The monoisotopic (exact) mass is 438 g/mol. The molecular weight excluding hydrogens is 400 g/mol. The number of ether oxygens (including phenoxy) is 4. The summed E-state index contributed by atoms with van der Waals surface area (Å²) in [5.41, 5.74) is 0.172. The Morgan fingerprint density at radius 3 is 2.07 bits per heavy atom. The highest BCUT2D eigenvalue weighted by atomic mass is 28.4. The molecule has 10 heteroatoms. The molecule has 28 heavy (non-hydrogen) atoms. The summed E-state index contributed by atoms with van der Waals surface area (Å²) < 4.78 is 45.7. The molecule has 0 aromatic heterocycles. The Bertz CT molecular complexity index is 406. The predicted molar refractivity (Wildman–Crippen MR) is 109 cm³/mol. The van der Waals surface area contributed by atoms with E-state index < -0.39 is 17.8 Å². The van der Waals surface area contributed by atoms with E-state index in [1.54, 1.807) is 28.4 Å². The first kappa shape index (κ1) is 24.4. The minimum absolute atomic E-state index is 0.00488. The van der Waals surface area contributed by atoms with Crippen LogP contribution in [-0.2, 0) is 36.7 Å². The summed E-state index contributed by atoms with van der Waals surface area (Å²) in [5.74, 6) is 0. The largest absolute Gasteiger partial charge is 0.400 e. The van der Waals surface area contributed by atoms with Crippen molar-refractivity contribution in [3.8, 4) is 0 Å². The van der Waals surface area contributed by atoms with Gasteiger partial charge in [0.25, 0.3) is 0 Å². The average Bonchev–Trinajstić information content (AvgIpc) is 3.63. The molecule has 2 fully saturated rings. The van der Waals surface area contributed by atoms with E-state index in [4.69, 9.17) is 36.7 Å². The van der Waals surface area contributed by atoms with E-state index >= 15 is 0 Å². The Balaban J connectivity index is 1.98. The lowest BCUT2D eigenvalue weighted by Gasteiger charge is -2.33. The van der Waals surface area contributed by atoms with Crippen molar-refractivity contribution in [2.75, 3.05) is 61.5 Å². The lowest BCUT2D eigenvalue weighted by atomic mass is 10.1. The molecule has 166 valence electrons. The third-order valence-corrected chi connectivity index (χ3v) is 11.6. The first-order valence-electron chi connectivity index (χ1n) is 10.2. The van der Waals surface area contributed by atoms with Crippen LogP contribution in [0.4, 0.5) is 0 Å². The molecule has 4 atom stereocenters. The van der Waals surface area contributed by atoms with Gasteiger partial charge in [0.05, 0.1) is 32.5 Å². The first-order valence-corrected chi connectivity index (χ1v) is 14.0. The molecule has 0 aromatic carbocycles. The number of rotatable bonds is 18. The van der Waals surface area contributed by atoms with Crippen LogP contribution in [0.15, 0.2) is 0 Å². The molecule has 8 nitrogen and oxygen atoms in total. The molecule has 2 saturated heterocycles. The van der Waals surface area contributed by atoms with Crippen LogP contribution in [0.1, 0.15) is 19.8 Å². The summed E-state index contributed by atoms with van der Waals surface area (Å²) in [4.78, 5) is 0. The van der Waals surface area contributed by atoms with Crippen molar-refractivity contribution in [2.45, 2.75) is 55.7 Å². The van der Waals surface area contributed by atoms with Gasteiger partial charge in [0, 0.05) is 40.6 Å². The maximum absolute atomic E-state index is 6.31. The van der Waals surface area contributed by atoms with Crippen LogP contribution in [0.3, 0.4) is 0 Å². The van der Waals surface area contributed by atoms with E-state index in [9.17, 15) is 0 Å². The zero-order chi connectivity index (χ0) is 20.4. The summed E-state index contributed by atoms with van der Waals surface area (Å²) in [6.07, 6.45) is 2.18. The van der Waals surface area contributed by atoms with Gasteiger partial charge >= 0.3 is 17.8 Å². The minimum Gasteiger partial charge on any atom is -0.400 e. The molecule has 0 aliphatic carbocycles. The second kappa shape index (κ2) is 12.7. The Kier molecular flexibility index (Phi) is 11.1. The van der Waals surface area contributed by atoms with E-state index in [1.165, 1.54) is 0 Å². The molecule has 2 heterocycles. The molecule has 0 amide bonds. The van der Waals surface area contributed by atoms with Crippen molar-refractivity contribution < 1.29 is 36.7 Å². The highest BCUT2D eigenvalue weighted by Gasteiger charge is 2.39. The first-order chi connectivity index (χ1) is 13.6. The van der Waals surface area contributed by atoms with E-state index in [1.807, 2.05) is 0 Å². The van der Waals surface area contributed by atoms with E-state index in [-0.39, 0.29) is 23.9 Å². The quantitative estimate of drug-likeness (QED) is 0.181. The topological polar surface area (TPSA) is 80.4 Å². The molecule has 0 bridgehead atoms. The zero-order valence-corrected chi connectivity index (χ0v) is 20.2. The summed E-state index contributed by atoms with van der Waals surface area (Å²) in [5, 5.41) is 0. The lowest BCUT2D eigenvalue weighted by Crippen LogP contribution is -2.42. The van der Waals surface area contributed by atoms with Crippen LogP contribution < -0.4 is 0 Å². The second-order valence-corrected chi connectivity index (χ2v) is 13.7. The SMILES string of the molecule is CC[Si](CCC(OCC1CO1)C(CCOCC1CO1)[SiH](OC)OC)(OC)OC. The van der Waals surface area contributed by atoms with Gasteiger partial charge in [-0.3, -0.25) is 0 Å². The third-order valence-electron chi connectivity index (χ3n) is 5.58. The Morgan fingerprint density at radius 1 is 0.964 bits per heavy atom. The Labute approximate surface area is 172 Å². The van der Waals surface area contributed by atoms with Gasteiger partial charge in [0.2, 0.25) is 0 Å². The molecule has 2 aliphatic heterocycles. The number of hydrogen-bond acceptors (Lipinski definition) is 8. The molecule has 0 radical (unpaired) electrons. The maximum Gasteiger partial charge on any atom is 0.337 e. The molecule has 0 N–H and O–H groups in total. The highest BCUT2D eigenvalue weighted by molar-refractivity contribution is 6.67. The lowest BCUT2D eigenvalue weighted by molar-refractivity contribution is 0.0161. The van der Waals surface area contributed by atoms with Crippen molar-refractivity contribution in [3.63, 3.8) is 0 Å². The van der Waals surface area contributed by atoms with Gasteiger partial charge in [-0.1, -0.05) is 6.92 Å². The number of epoxide rings is 2. The maximum atomic E-state index is 6.31. The fourth-order valence-electron chi connectivity index (χ4n) is 3.47. The normalized spacial score (nSPS) is 23.8. The molecule has 4 unspecified atom stereocenters. The van der Waals surface area contributed by atoms with Crippen LogP contribution in [-0.4, -0.2) is 97.6 Å². The van der Waals surface area contributed by atoms with Crippen molar-refractivity contribution >= 4 is 17.8 Å². The van der Waals surface area contributed by atoms with Crippen LogP contribution in [0.2, 0.25) is 17.6 Å². The molecule has 2 aliphatic rings. The summed E-state index contributed by atoms with van der Waals surface area (Å²) in [6.45, 7) is 5.61. The van der Waals surface area contributed by atoms with Crippen molar-refractivity contribution in [3.05, 3.63) is 0 Å². The second-order valence-electron chi connectivity index (χ2n) is 7.36. The van der Waals surface area contributed by atoms with Crippen LogP contribution in [0, 0.1) is 0 Å². The van der Waals surface area contributed by atoms with Crippen LogP contribution in [0.5, 0.6) is 0 Å². The predicted octanol–water partition coefficient (Wildman–Crippen LogP) is 1.60. The van der Waals surface area contributed by atoms with Crippen LogP contribution in [0.25, 0.3) is 0 Å². The standard InChI is InChI=1S/C18H38O8Si2/c1-6-28(21-4,22-5)10-8-17(26-14-16-13-25-16)18(27(19-2)20-3)7-9-23-11-15-12-24-15/h15-18,27H,6-14H2,1-5H3. The minimum atomic E-state index is -2.19. The molecule has 0 aromatic rings. The van der Waals surface area contributed by atoms with Crippen LogP contribution >= 0.6 is 0 Å². The smallest absolute Gasteiger partial charge is 0.337 e. The zero-order valence-electron chi connectivity index (χ0n) is 18.0. The van der Waals surface area contributed by atoms with Crippen molar-refractivity contribution in [2.24, 2.45) is 0 Å². The molecule has 2 rings (SSSR count). The fourth-order valence-corrected chi connectivity index (χ4v) is 7.66. The third kappa shape index (κ3) is 8.09. The average molecular weight is 439 g/mol. The summed E-state index contributed by atoms with van der Waals surface area (Å²) in [7, 11) is 2.84. The Hall–Kier alpha value is 0.114. The van der Waals surface area contributed by atoms with Gasteiger partial charge in [0.1, 0.15) is 12.2 Å². The highest BCUT2D eigenvalue weighted by Crippen LogP contribution is 2.32. The van der Waals surface area contributed by atoms with Gasteiger partial charge in [-0.05, 0) is 24.9 Å². The van der Waals surface area contributed by atoms with Gasteiger partial charge in [0.15, 0.2) is 0 Å². The van der Waals surface area contributed by atoms with Gasteiger partial charge in [-0.2, -0.15) is 0 Å². The summed E-state index contributed by atoms with van der Waals surface area (Å²) >= 11 is 0. The van der Waals surface area contributed by atoms with Gasteiger partial charge < -0.3 is 36.7 Å². The molecular formula is C18H38O8Si2.